The van der Waals surface area contributed by atoms with Crippen LogP contribution in [-0.4, -0.2) is 36.7 Å². The van der Waals surface area contributed by atoms with E-state index in [0.717, 1.165) is 4.47 Å². The van der Waals surface area contributed by atoms with Crippen LogP contribution in [-0.2, 0) is 9.53 Å². The predicted molar refractivity (Wildman–Crippen MR) is 64.5 cm³/mol. The first-order chi connectivity index (χ1) is 8.04. The third-order valence-corrected chi connectivity index (χ3v) is 2.56. The lowest BCUT2D eigenvalue weighted by atomic mass is 10.2. The molecule has 5 nitrogen and oxygen atoms in total. The first-order valence-electron chi connectivity index (χ1n) is 4.84. The molecule has 0 aromatic heterocycles. The van der Waals surface area contributed by atoms with Crippen LogP contribution in [0.5, 0.6) is 0 Å². The number of ether oxygens (including phenoxy) is 1. The third kappa shape index (κ3) is 4.16. The molecule has 1 amide bonds. The Morgan fingerprint density at radius 1 is 1.41 bits per heavy atom. The average Bonchev–Trinajstić information content (AvgIpc) is 2.35. The number of esters is 1. The fourth-order valence-electron chi connectivity index (χ4n) is 1.11. The van der Waals surface area contributed by atoms with E-state index in [2.05, 4.69) is 26.0 Å². The molecule has 2 N–H and O–H groups in total. The average molecular weight is 302 g/mol. The molecule has 1 aromatic carbocycles. The maximum atomic E-state index is 11.6. The van der Waals surface area contributed by atoms with Gasteiger partial charge in [0, 0.05) is 10.0 Å². The number of halogens is 1. The molecule has 92 valence electrons. The largest absolute Gasteiger partial charge is 0.467 e. The van der Waals surface area contributed by atoms with Gasteiger partial charge < -0.3 is 15.2 Å². The van der Waals surface area contributed by atoms with Gasteiger partial charge in [-0.05, 0) is 24.3 Å². The summed E-state index contributed by atoms with van der Waals surface area (Å²) in [5.41, 5.74) is 0.449. The molecule has 0 aliphatic heterocycles. The molecular weight excluding hydrogens is 290 g/mol. The van der Waals surface area contributed by atoms with Crippen molar-refractivity contribution in [2.75, 3.05) is 13.7 Å². The molecule has 0 saturated carbocycles. The van der Waals surface area contributed by atoms with Crippen LogP contribution in [0, 0.1) is 0 Å². The monoisotopic (exact) mass is 301 g/mol. The molecule has 0 aliphatic carbocycles. The minimum Gasteiger partial charge on any atom is -0.467 e. The lowest BCUT2D eigenvalue weighted by Gasteiger charge is -2.09. The maximum absolute atomic E-state index is 11.6. The minimum absolute atomic E-state index is 0.179. The van der Waals surface area contributed by atoms with Gasteiger partial charge in [0.15, 0.2) is 6.10 Å². The van der Waals surface area contributed by atoms with Crippen molar-refractivity contribution < 1.29 is 19.4 Å². The Labute approximate surface area is 107 Å². The second-order valence-electron chi connectivity index (χ2n) is 3.26. The van der Waals surface area contributed by atoms with Gasteiger partial charge in [-0.25, -0.2) is 4.79 Å². The SMILES string of the molecule is COC(=O)C(O)CNC(=O)c1ccc(Br)cc1. The fourth-order valence-corrected chi connectivity index (χ4v) is 1.38. The van der Waals surface area contributed by atoms with Crippen LogP contribution >= 0.6 is 15.9 Å². The predicted octanol–water partition coefficient (Wildman–Crippen LogP) is 0.713. The molecule has 0 spiro atoms. The molecule has 0 aliphatic rings. The van der Waals surface area contributed by atoms with Gasteiger partial charge in [-0.15, -0.1) is 0 Å². The van der Waals surface area contributed by atoms with Gasteiger partial charge in [0.1, 0.15) is 0 Å². The molecule has 0 saturated heterocycles. The summed E-state index contributed by atoms with van der Waals surface area (Å²) in [6.45, 7) is -0.179. The van der Waals surface area contributed by atoms with Crippen LogP contribution < -0.4 is 5.32 Å². The summed E-state index contributed by atoms with van der Waals surface area (Å²) in [5.74, 6) is -1.14. The Balaban J connectivity index is 2.50. The minimum atomic E-state index is -1.35. The van der Waals surface area contributed by atoms with Crippen molar-refractivity contribution in [3.8, 4) is 0 Å². The van der Waals surface area contributed by atoms with Gasteiger partial charge in [-0.1, -0.05) is 15.9 Å². The van der Waals surface area contributed by atoms with E-state index >= 15 is 0 Å². The highest BCUT2D eigenvalue weighted by Gasteiger charge is 2.16. The van der Waals surface area contributed by atoms with E-state index in [9.17, 15) is 14.7 Å². The molecular formula is C11H12BrNO4. The van der Waals surface area contributed by atoms with Crippen molar-refractivity contribution in [2.24, 2.45) is 0 Å². The van der Waals surface area contributed by atoms with Crippen LogP contribution in [0.2, 0.25) is 0 Å². The maximum Gasteiger partial charge on any atom is 0.336 e. The van der Waals surface area contributed by atoms with Crippen molar-refractivity contribution in [3.63, 3.8) is 0 Å². The normalized spacial score (nSPS) is 11.7. The standard InChI is InChI=1S/C11H12BrNO4/c1-17-11(16)9(14)6-13-10(15)7-2-4-8(12)5-3-7/h2-5,9,14H,6H2,1H3,(H,13,15). The van der Waals surface area contributed by atoms with E-state index in [0.29, 0.717) is 5.56 Å². The van der Waals surface area contributed by atoms with Gasteiger partial charge in [0.05, 0.1) is 13.7 Å². The summed E-state index contributed by atoms with van der Waals surface area (Å²) in [4.78, 5) is 22.5. The zero-order valence-corrected chi connectivity index (χ0v) is 10.7. The Morgan fingerprint density at radius 3 is 2.53 bits per heavy atom. The summed E-state index contributed by atoms with van der Waals surface area (Å²) in [5, 5.41) is 11.7. The van der Waals surface area contributed by atoms with E-state index in [4.69, 9.17) is 0 Å². The van der Waals surface area contributed by atoms with Crippen LogP contribution in [0.1, 0.15) is 10.4 Å². The summed E-state index contributed by atoms with van der Waals surface area (Å²) in [6.07, 6.45) is -1.35. The Kier molecular flexibility index (Phi) is 5.11. The number of hydrogen-bond acceptors (Lipinski definition) is 4. The smallest absolute Gasteiger partial charge is 0.336 e. The quantitative estimate of drug-likeness (QED) is 0.803. The molecule has 1 rings (SSSR count). The molecule has 17 heavy (non-hydrogen) atoms. The van der Waals surface area contributed by atoms with Crippen molar-refractivity contribution in [2.45, 2.75) is 6.10 Å². The molecule has 0 bridgehead atoms. The fraction of sp³-hybridized carbons (Fsp3) is 0.273. The number of benzene rings is 1. The number of aliphatic hydroxyl groups excluding tert-OH is 1. The highest BCUT2D eigenvalue weighted by atomic mass is 79.9. The van der Waals surface area contributed by atoms with Crippen molar-refractivity contribution >= 4 is 27.8 Å². The van der Waals surface area contributed by atoms with E-state index in [1.54, 1.807) is 24.3 Å². The lowest BCUT2D eigenvalue weighted by molar-refractivity contribution is -0.149. The zero-order valence-electron chi connectivity index (χ0n) is 9.14. The molecule has 6 heteroatoms. The van der Waals surface area contributed by atoms with E-state index < -0.39 is 12.1 Å². The topological polar surface area (TPSA) is 75.6 Å². The Hall–Kier alpha value is -1.40. The van der Waals surface area contributed by atoms with Gasteiger partial charge in [0.25, 0.3) is 5.91 Å². The van der Waals surface area contributed by atoms with Gasteiger partial charge in [-0.2, -0.15) is 0 Å². The number of rotatable bonds is 4. The van der Waals surface area contributed by atoms with Gasteiger partial charge in [-0.3, -0.25) is 4.79 Å². The van der Waals surface area contributed by atoms with Gasteiger partial charge >= 0.3 is 5.97 Å². The number of methoxy groups -OCH3 is 1. The van der Waals surface area contributed by atoms with Crippen LogP contribution in [0.4, 0.5) is 0 Å². The second kappa shape index (κ2) is 6.36. The number of amides is 1. The second-order valence-corrected chi connectivity index (χ2v) is 4.17. The Morgan fingerprint density at radius 2 is 2.00 bits per heavy atom. The molecule has 1 aromatic rings. The highest BCUT2D eigenvalue weighted by molar-refractivity contribution is 9.10. The van der Waals surface area contributed by atoms with Crippen molar-refractivity contribution in [1.29, 1.82) is 0 Å². The van der Waals surface area contributed by atoms with E-state index in [1.165, 1.54) is 7.11 Å². The number of nitrogens with one attached hydrogen (secondary N) is 1. The van der Waals surface area contributed by atoms with E-state index in [1.807, 2.05) is 0 Å². The van der Waals surface area contributed by atoms with Crippen LogP contribution in [0.15, 0.2) is 28.7 Å². The van der Waals surface area contributed by atoms with Crippen molar-refractivity contribution in [1.82, 2.24) is 5.32 Å². The summed E-state index contributed by atoms with van der Waals surface area (Å²) in [6, 6.07) is 6.71. The molecule has 1 unspecified atom stereocenters. The molecule has 0 fully saturated rings. The van der Waals surface area contributed by atoms with Crippen LogP contribution in [0.3, 0.4) is 0 Å². The molecule has 0 heterocycles. The highest BCUT2D eigenvalue weighted by Crippen LogP contribution is 2.10. The molecule has 1 atom stereocenters. The Bertz CT molecular complexity index is 404. The summed E-state index contributed by atoms with van der Waals surface area (Å²) < 4.78 is 5.18. The molecule has 0 radical (unpaired) electrons. The van der Waals surface area contributed by atoms with E-state index in [-0.39, 0.29) is 12.5 Å². The number of carbonyl (C=O) groups excluding carboxylic acids is 2. The number of carbonyl (C=O) groups is 2. The van der Waals surface area contributed by atoms with Gasteiger partial charge in [0.2, 0.25) is 0 Å². The lowest BCUT2D eigenvalue weighted by Crippen LogP contribution is -2.37. The number of aliphatic hydroxyl groups is 1. The first-order valence-corrected chi connectivity index (χ1v) is 5.63. The third-order valence-electron chi connectivity index (χ3n) is 2.04. The number of hydrogen-bond donors (Lipinski definition) is 2. The summed E-state index contributed by atoms with van der Waals surface area (Å²) in [7, 11) is 1.17. The first kappa shape index (κ1) is 13.7. The van der Waals surface area contributed by atoms with Crippen molar-refractivity contribution in [3.05, 3.63) is 34.3 Å². The summed E-state index contributed by atoms with van der Waals surface area (Å²) >= 11 is 3.25. The van der Waals surface area contributed by atoms with Crippen LogP contribution in [0.25, 0.3) is 0 Å². The zero-order chi connectivity index (χ0) is 12.8.